The molecule has 4 heteroatoms. The van der Waals surface area contributed by atoms with Gasteiger partial charge >= 0.3 is 0 Å². The number of unbranched alkanes of at least 4 members (excludes halogenated alkanes) is 18. The number of hydrogen-bond acceptors (Lipinski definition) is 2. The molecule has 244 valence electrons. The molecule has 41 heavy (non-hydrogen) atoms. The quantitative estimate of drug-likeness (QED) is 0.0625. The molecule has 0 radical (unpaired) electrons. The van der Waals surface area contributed by atoms with Crippen LogP contribution in [0.2, 0.25) is 0 Å². The monoisotopic (exact) mass is 580 g/mol. The van der Waals surface area contributed by atoms with Crippen molar-refractivity contribution < 1.29 is 14.0 Å². The van der Waals surface area contributed by atoms with Crippen molar-refractivity contribution in [3.63, 3.8) is 0 Å². The van der Waals surface area contributed by atoms with Crippen LogP contribution in [-0.2, 0) is 9.53 Å². The predicted octanol–water partition coefficient (Wildman–Crippen LogP) is 10.5. The van der Waals surface area contributed by atoms with Gasteiger partial charge in [0.15, 0.2) is 0 Å². The van der Waals surface area contributed by atoms with Gasteiger partial charge in [0.2, 0.25) is 5.91 Å². The topological polar surface area (TPSA) is 29.5 Å². The highest BCUT2D eigenvalue weighted by Crippen LogP contribution is 2.19. The van der Waals surface area contributed by atoms with E-state index in [4.69, 9.17) is 4.74 Å². The lowest BCUT2D eigenvalue weighted by atomic mass is 10.0. The highest BCUT2D eigenvalue weighted by molar-refractivity contribution is 5.76. The first-order valence-corrected chi connectivity index (χ1v) is 18.9. The number of ether oxygens (including phenoxy) is 1. The minimum atomic E-state index is 0.402. The fraction of sp³-hybridized carbons (Fsp3) is 0.973. The lowest BCUT2D eigenvalue weighted by Crippen LogP contribution is -2.52. The third kappa shape index (κ3) is 21.7. The molecule has 0 N–H and O–H groups in total. The number of hydrogen-bond donors (Lipinski definition) is 0. The van der Waals surface area contributed by atoms with Crippen molar-refractivity contribution in [2.45, 2.75) is 181 Å². The van der Waals surface area contributed by atoms with Crippen LogP contribution < -0.4 is 0 Å². The van der Waals surface area contributed by atoms with Gasteiger partial charge in [-0.25, -0.2) is 0 Å². The SMILES string of the molecule is CCCCCCCCCCCC[N+](CCCCCCCCCCCC)(CCCN1CCCCCC1=O)CCOCC. The maximum absolute atomic E-state index is 12.6. The Labute approximate surface area is 258 Å². The number of quaternary nitrogens is 1. The fourth-order valence-corrected chi connectivity index (χ4v) is 6.81. The summed E-state index contributed by atoms with van der Waals surface area (Å²) >= 11 is 0. The molecule has 0 aromatic carbocycles. The van der Waals surface area contributed by atoms with Gasteiger partial charge in [0.1, 0.15) is 6.54 Å². The van der Waals surface area contributed by atoms with Crippen LogP contribution >= 0.6 is 0 Å². The third-order valence-corrected chi connectivity index (χ3v) is 9.62. The lowest BCUT2D eigenvalue weighted by Gasteiger charge is -2.40. The zero-order valence-corrected chi connectivity index (χ0v) is 28.5. The highest BCUT2D eigenvalue weighted by atomic mass is 16.5. The van der Waals surface area contributed by atoms with Crippen molar-refractivity contribution in [1.82, 2.24) is 4.90 Å². The Morgan fingerprint density at radius 2 is 1.02 bits per heavy atom. The third-order valence-electron chi connectivity index (χ3n) is 9.62. The van der Waals surface area contributed by atoms with E-state index in [0.717, 1.165) is 52.1 Å². The van der Waals surface area contributed by atoms with E-state index in [1.54, 1.807) is 0 Å². The Morgan fingerprint density at radius 3 is 1.51 bits per heavy atom. The molecule has 0 spiro atoms. The van der Waals surface area contributed by atoms with E-state index in [1.807, 2.05) is 0 Å². The Hall–Kier alpha value is -0.610. The summed E-state index contributed by atoms with van der Waals surface area (Å²) in [7, 11) is 0. The summed E-state index contributed by atoms with van der Waals surface area (Å²) in [5.74, 6) is 0.402. The molecule has 0 atom stereocenters. The van der Waals surface area contributed by atoms with Gasteiger partial charge < -0.3 is 14.1 Å². The van der Waals surface area contributed by atoms with Gasteiger partial charge in [0, 0.05) is 32.5 Å². The minimum Gasteiger partial charge on any atom is -0.376 e. The van der Waals surface area contributed by atoms with Gasteiger partial charge in [-0.15, -0.1) is 0 Å². The first-order valence-electron chi connectivity index (χ1n) is 18.9. The van der Waals surface area contributed by atoms with Crippen LogP contribution in [0.15, 0.2) is 0 Å². The Bertz CT molecular complexity index is 543. The first kappa shape index (κ1) is 38.4. The molecule has 1 amide bonds. The van der Waals surface area contributed by atoms with E-state index in [1.165, 1.54) is 165 Å². The normalized spacial score (nSPS) is 14.6. The van der Waals surface area contributed by atoms with Gasteiger partial charge in [-0.2, -0.15) is 0 Å². The number of carbonyl (C=O) groups excluding carboxylic acids is 1. The van der Waals surface area contributed by atoms with Crippen LogP contribution in [0.25, 0.3) is 0 Å². The molecule has 0 aromatic heterocycles. The Balaban J connectivity index is 2.55. The average molecular weight is 580 g/mol. The second-order valence-electron chi connectivity index (χ2n) is 13.3. The van der Waals surface area contributed by atoms with Crippen molar-refractivity contribution in [3.8, 4) is 0 Å². The van der Waals surface area contributed by atoms with Crippen LogP contribution in [0.1, 0.15) is 181 Å². The van der Waals surface area contributed by atoms with E-state index in [0.29, 0.717) is 5.91 Å². The number of rotatable bonds is 30. The largest absolute Gasteiger partial charge is 0.376 e. The van der Waals surface area contributed by atoms with Gasteiger partial charge in [-0.3, -0.25) is 4.79 Å². The molecule has 1 aliphatic rings. The lowest BCUT2D eigenvalue weighted by molar-refractivity contribution is -0.929. The molecule has 0 aromatic rings. The molecule has 0 unspecified atom stereocenters. The molecule has 1 rings (SSSR count). The summed E-state index contributed by atoms with van der Waals surface area (Å²) in [5, 5.41) is 0. The van der Waals surface area contributed by atoms with E-state index >= 15 is 0 Å². The molecule has 0 aliphatic carbocycles. The maximum atomic E-state index is 12.6. The van der Waals surface area contributed by atoms with Crippen molar-refractivity contribution in [2.75, 3.05) is 52.5 Å². The smallest absolute Gasteiger partial charge is 0.222 e. The average Bonchev–Trinajstić information content (AvgIpc) is 3.18. The van der Waals surface area contributed by atoms with Crippen LogP contribution in [0.3, 0.4) is 0 Å². The number of nitrogens with zero attached hydrogens (tertiary/aromatic N) is 2. The zero-order valence-electron chi connectivity index (χ0n) is 28.5. The van der Waals surface area contributed by atoms with Gasteiger partial charge in [0.05, 0.1) is 26.2 Å². The van der Waals surface area contributed by atoms with Crippen molar-refractivity contribution >= 4 is 5.91 Å². The second-order valence-corrected chi connectivity index (χ2v) is 13.3. The van der Waals surface area contributed by atoms with Crippen LogP contribution in [0, 0.1) is 0 Å². The summed E-state index contributed by atoms with van der Waals surface area (Å²) in [6, 6.07) is 0. The molecule has 1 aliphatic heterocycles. The Morgan fingerprint density at radius 1 is 0.561 bits per heavy atom. The standard InChI is InChI=1S/C37H75N2O2/c1-4-7-9-11-13-15-17-19-21-26-32-39(35-36-41-6-3,33-27-22-20-18-16-14-12-10-8-5-2)34-28-31-38-30-25-23-24-29-37(38)40/h4-36H2,1-3H3/q+1. The van der Waals surface area contributed by atoms with E-state index < -0.39 is 0 Å². The summed E-state index contributed by atoms with van der Waals surface area (Å²) in [5.41, 5.74) is 0. The van der Waals surface area contributed by atoms with Gasteiger partial charge in [-0.1, -0.05) is 123 Å². The molecule has 4 nitrogen and oxygen atoms in total. The summed E-state index contributed by atoms with van der Waals surface area (Å²) in [6.45, 7) is 15.3. The highest BCUT2D eigenvalue weighted by Gasteiger charge is 2.27. The summed E-state index contributed by atoms with van der Waals surface area (Å²) < 4.78 is 7.16. The van der Waals surface area contributed by atoms with Crippen LogP contribution in [0.4, 0.5) is 0 Å². The second kappa shape index (κ2) is 28.2. The minimum absolute atomic E-state index is 0.402. The molecule has 1 fully saturated rings. The molecule has 1 heterocycles. The van der Waals surface area contributed by atoms with Gasteiger partial charge in [0.25, 0.3) is 0 Å². The van der Waals surface area contributed by atoms with Crippen LogP contribution in [-0.4, -0.2) is 67.8 Å². The summed E-state index contributed by atoms with van der Waals surface area (Å²) in [4.78, 5) is 14.8. The van der Waals surface area contributed by atoms with E-state index in [9.17, 15) is 4.79 Å². The predicted molar refractivity (Wildman–Crippen MR) is 180 cm³/mol. The summed E-state index contributed by atoms with van der Waals surface area (Å²) in [6.07, 6.45) is 33.5. The molecule has 1 saturated heterocycles. The van der Waals surface area contributed by atoms with Gasteiger partial charge in [-0.05, 0) is 45.4 Å². The fourth-order valence-electron chi connectivity index (χ4n) is 6.81. The number of likely N-dealkylation sites (tertiary alicyclic amines) is 1. The number of amides is 1. The zero-order chi connectivity index (χ0) is 29.7. The van der Waals surface area contributed by atoms with Crippen molar-refractivity contribution in [2.24, 2.45) is 0 Å². The van der Waals surface area contributed by atoms with E-state index in [-0.39, 0.29) is 0 Å². The van der Waals surface area contributed by atoms with Crippen LogP contribution in [0.5, 0.6) is 0 Å². The maximum Gasteiger partial charge on any atom is 0.222 e. The van der Waals surface area contributed by atoms with Crippen molar-refractivity contribution in [1.29, 1.82) is 0 Å². The molecule has 0 saturated carbocycles. The Kier molecular flexibility index (Phi) is 26.4. The van der Waals surface area contributed by atoms with Crippen molar-refractivity contribution in [3.05, 3.63) is 0 Å². The number of carbonyl (C=O) groups is 1. The first-order chi connectivity index (χ1) is 20.2. The molecule has 0 bridgehead atoms. The van der Waals surface area contributed by atoms with E-state index in [2.05, 4.69) is 25.7 Å². The molecular weight excluding hydrogens is 504 g/mol. The molecular formula is C37H75N2O2+.